The van der Waals surface area contributed by atoms with Crippen LogP contribution in [-0.4, -0.2) is 17.6 Å². The number of nitrogens with one attached hydrogen (secondary N) is 1. The summed E-state index contributed by atoms with van der Waals surface area (Å²) in [5.41, 5.74) is 1.16. The van der Waals surface area contributed by atoms with Crippen molar-refractivity contribution in [1.82, 2.24) is 10.3 Å². The number of aryl methyl sites for hydroxylation is 1. The van der Waals surface area contributed by atoms with Crippen LogP contribution in [0.5, 0.6) is 0 Å². The van der Waals surface area contributed by atoms with E-state index in [1.165, 1.54) is 62.8 Å². The maximum Gasteiger partial charge on any atom is 0.0943 e. The summed E-state index contributed by atoms with van der Waals surface area (Å²) in [6, 6.07) is 0.612. The number of thiazole rings is 1. The zero-order chi connectivity index (χ0) is 15.3. The minimum Gasteiger partial charge on any atom is -0.314 e. The Labute approximate surface area is 135 Å². The molecule has 0 amide bonds. The van der Waals surface area contributed by atoms with Crippen molar-refractivity contribution in [2.24, 2.45) is 0 Å². The molecule has 122 valence electrons. The summed E-state index contributed by atoms with van der Waals surface area (Å²) >= 11 is 1.81. The van der Waals surface area contributed by atoms with Gasteiger partial charge in [0, 0.05) is 23.5 Å². The van der Waals surface area contributed by atoms with E-state index < -0.39 is 0 Å². The molecule has 1 atom stereocenters. The molecule has 0 fully saturated rings. The summed E-state index contributed by atoms with van der Waals surface area (Å²) in [6.07, 6.45) is 13.6. The fourth-order valence-electron chi connectivity index (χ4n) is 2.80. The second-order valence-electron chi connectivity index (χ2n) is 6.10. The molecule has 3 heteroatoms. The van der Waals surface area contributed by atoms with Gasteiger partial charge in [0.05, 0.1) is 5.01 Å². The van der Waals surface area contributed by atoms with Crippen molar-refractivity contribution in [1.29, 1.82) is 0 Å². The summed E-state index contributed by atoms with van der Waals surface area (Å²) in [4.78, 5) is 4.60. The van der Waals surface area contributed by atoms with Crippen LogP contribution >= 0.6 is 11.3 Å². The molecular formula is C18H34N2S. The van der Waals surface area contributed by atoms with E-state index in [2.05, 4.69) is 36.5 Å². The van der Waals surface area contributed by atoms with E-state index in [-0.39, 0.29) is 0 Å². The van der Waals surface area contributed by atoms with Gasteiger partial charge in [-0.1, -0.05) is 65.2 Å². The van der Waals surface area contributed by atoms with Crippen LogP contribution in [0.15, 0.2) is 5.38 Å². The summed E-state index contributed by atoms with van der Waals surface area (Å²) in [5.74, 6) is 0. The third-order valence-electron chi connectivity index (χ3n) is 3.99. The van der Waals surface area contributed by atoms with Gasteiger partial charge in [-0.3, -0.25) is 0 Å². The summed E-state index contributed by atoms with van der Waals surface area (Å²) in [6.45, 7) is 7.63. The van der Waals surface area contributed by atoms with Crippen LogP contribution in [0.3, 0.4) is 0 Å². The molecule has 0 radical (unpaired) electrons. The Kier molecular flexibility index (Phi) is 10.8. The van der Waals surface area contributed by atoms with Crippen molar-refractivity contribution in [3.05, 3.63) is 16.1 Å². The first-order valence-corrected chi connectivity index (χ1v) is 9.78. The van der Waals surface area contributed by atoms with Gasteiger partial charge in [0.1, 0.15) is 0 Å². The van der Waals surface area contributed by atoms with Gasteiger partial charge in [-0.15, -0.1) is 11.3 Å². The lowest BCUT2D eigenvalue weighted by Gasteiger charge is -2.16. The normalized spacial score (nSPS) is 12.7. The Balaban J connectivity index is 2.10. The van der Waals surface area contributed by atoms with Gasteiger partial charge in [0.2, 0.25) is 0 Å². The lowest BCUT2D eigenvalue weighted by molar-refractivity contribution is 0.457. The molecule has 0 saturated carbocycles. The quantitative estimate of drug-likeness (QED) is 0.486. The molecule has 1 aromatic rings. The molecule has 0 aliphatic heterocycles. The van der Waals surface area contributed by atoms with Crippen LogP contribution in [-0.2, 0) is 6.42 Å². The predicted molar refractivity (Wildman–Crippen MR) is 95.2 cm³/mol. The van der Waals surface area contributed by atoms with Crippen LogP contribution in [0.1, 0.15) is 82.3 Å². The van der Waals surface area contributed by atoms with E-state index in [4.69, 9.17) is 0 Å². The zero-order valence-electron chi connectivity index (χ0n) is 14.3. The molecule has 1 unspecified atom stereocenters. The van der Waals surface area contributed by atoms with Crippen LogP contribution in [0, 0.1) is 6.92 Å². The highest BCUT2D eigenvalue weighted by Crippen LogP contribution is 2.15. The first-order chi connectivity index (χ1) is 10.3. The first kappa shape index (κ1) is 18.6. The smallest absolute Gasteiger partial charge is 0.0943 e. The van der Waals surface area contributed by atoms with Gasteiger partial charge in [-0.05, 0) is 19.9 Å². The minimum absolute atomic E-state index is 0.612. The van der Waals surface area contributed by atoms with E-state index in [0.717, 1.165) is 18.7 Å². The van der Waals surface area contributed by atoms with E-state index in [1.807, 2.05) is 11.3 Å². The number of likely N-dealkylation sites (N-methyl/N-ethyl adjacent to an activating group) is 1. The van der Waals surface area contributed by atoms with Crippen LogP contribution in [0.25, 0.3) is 0 Å². The Morgan fingerprint density at radius 1 is 1.05 bits per heavy atom. The Hall–Kier alpha value is -0.410. The molecule has 0 aliphatic rings. The monoisotopic (exact) mass is 310 g/mol. The molecule has 21 heavy (non-hydrogen) atoms. The predicted octanol–water partition coefficient (Wildman–Crippen LogP) is 5.50. The molecule has 0 aromatic carbocycles. The van der Waals surface area contributed by atoms with Gasteiger partial charge in [-0.25, -0.2) is 4.98 Å². The molecule has 2 nitrogen and oxygen atoms in total. The van der Waals surface area contributed by atoms with E-state index in [9.17, 15) is 0 Å². The average molecular weight is 311 g/mol. The van der Waals surface area contributed by atoms with Crippen LogP contribution < -0.4 is 5.32 Å². The van der Waals surface area contributed by atoms with Crippen molar-refractivity contribution >= 4 is 11.3 Å². The molecular weight excluding hydrogens is 276 g/mol. The highest BCUT2D eigenvalue weighted by Gasteiger charge is 2.10. The average Bonchev–Trinajstić information content (AvgIpc) is 2.87. The molecule has 0 spiro atoms. The minimum atomic E-state index is 0.612. The number of nitrogens with zero attached hydrogens (tertiary/aromatic N) is 1. The number of rotatable bonds is 13. The fourth-order valence-corrected chi connectivity index (χ4v) is 3.65. The second-order valence-corrected chi connectivity index (χ2v) is 7.05. The van der Waals surface area contributed by atoms with Crippen molar-refractivity contribution in [2.75, 3.05) is 6.54 Å². The van der Waals surface area contributed by atoms with Crippen molar-refractivity contribution in [3.8, 4) is 0 Å². The molecule has 1 N–H and O–H groups in total. The third-order valence-corrected chi connectivity index (χ3v) is 4.98. The zero-order valence-corrected chi connectivity index (χ0v) is 15.1. The summed E-state index contributed by atoms with van der Waals surface area (Å²) in [7, 11) is 0. The molecule has 0 saturated heterocycles. The molecule has 1 aromatic heterocycles. The molecule has 1 heterocycles. The lowest BCUT2D eigenvalue weighted by Crippen LogP contribution is -2.30. The first-order valence-electron chi connectivity index (χ1n) is 8.90. The van der Waals surface area contributed by atoms with Crippen molar-refractivity contribution < 1.29 is 0 Å². The van der Waals surface area contributed by atoms with Crippen LogP contribution in [0.2, 0.25) is 0 Å². The third kappa shape index (κ3) is 9.26. The fraction of sp³-hybridized carbons (Fsp3) is 0.833. The maximum absolute atomic E-state index is 4.60. The maximum atomic E-state index is 4.60. The largest absolute Gasteiger partial charge is 0.314 e. The highest BCUT2D eigenvalue weighted by molar-refractivity contribution is 7.09. The van der Waals surface area contributed by atoms with Gasteiger partial charge in [0.25, 0.3) is 0 Å². The SMILES string of the molecule is CCCCCCCCCCC(Cc1nc(C)cs1)NCC. The van der Waals surface area contributed by atoms with E-state index >= 15 is 0 Å². The number of hydrogen-bond acceptors (Lipinski definition) is 3. The van der Waals surface area contributed by atoms with Gasteiger partial charge < -0.3 is 5.32 Å². The standard InChI is InChI=1S/C18H34N2S/c1-4-6-7-8-9-10-11-12-13-17(19-5-2)14-18-20-16(3)15-21-18/h15,17,19H,4-14H2,1-3H3. The summed E-state index contributed by atoms with van der Waals surface area (Å²) in [5, 5.41) is 7.08. The van der Waals surface area contributed by atoms with Gasteiger partial charge >= 0.3 is 0 Å². The number of unbranched alkanes of at least 4 members (excludes halogenated alkanes) is 7. The molecule has 0 bridgehead atoms. The number of hydrogen-bond donors (Lipinski definition) is 1. The summed E-state index contributed by atoms with van der Waals surface area (Å²) < 4.78 is 0. The topological polar surface area (TPSA) is 24.9 Å². The highest BCUT2D eigenvalue weighted by atomic mass is 32.1. The second kappa shape index (κ2) is 12.2. The van der Waals surface area contributed by atoms with Crippen LogP contribution in [0.4, 0.5) is 0 Å². The van der Waals surface area contributed by atoms with E-state index in [0.29, 0.717) is 6.04 Å². The van der Waals surface area contributed by atoms with E-state index in [1.54, 1.807) is 0 Å². The molecule has 0 aliphatic carbocycles. The Morgan fingerprint density at radius 2 is 1.71 bits per heavy atom. The lowest BCUT2D eigenvalue weighted by atomic mass is 10.0. The number of aromatic nitrogens is 1. The van der Waals surface area contributed by atoms with Crippen molar-refractivity contribution in [2.45, 2.75) is 91.0 Å². The Morgan fingerprint density at radius 3 is 2.29 bits per heavy atom. The van der Waals surface area contributed by atoms with Gasteiger partial charge in [-0.2, -0.15) is 0 Å². The van der Waals surface area contributed by atoms with Crippen molar-refractivity contribution in [3.63, 3.8) is 0 Å². The molecule has 1 rings (SSSR count). The van der Waals surface area contributed by atoms with Gasteiger partial charge in [0.15, 0.2) is 0 Å². The Bertz CT molecular complexity index is 349.